The third-order valence-corrected chi connectivity index (χ3v) is 3.53. The number of benzene rings is 1. The van der Waals surface area contributed by atoms with Gasteiger partial charge in [-0.15, -0.1) is 0 Å². The highest BCUT2D eigenvalue weighted by atomic mass is 19.4. The minimum Gasteiger partial charge on any atom is -0.494 e. The molecule has 1 atom stereocenters. The number of nitrogens with two attached hydrogens (primary N) is 1. The van der Waals surface area contributed by atoms with Gasteiger partial charge in [0, 0.05) is 25.2 Å². The summed E-state index contributed by atoms with van der Waals surface area (Å²) in [5.74, 6) is -2.03. The number of methoxy groups -OCH3 is 1. The minimum absolute atomic E-state index is 0.0247. The van der Waals surface area contributed by atoms with Gasteiger partial charge in [-0.25, -0.2) is 4.39 Å². The highest BCUT2D eigenvalue weighted by Crippen LogP contribution is 2.38. The van der Waals surface area contributed by atoms with E-state index in [1.54, 1.807) is 4.90 Å². The second kappa shape index (κ2) is 5.38. The fourth-order valence-corrected chi connectivity index (χ4v) is 2.45. The van der Waals surface area contributed by atoms with Gasteiger partial charge in [0.2, 0.25) is 0 Å². The Hall–Kier alpha value is -1.66. The first-order chi connectivity index (χ1) is 9.32. The van der Waals surface area contributed by atoms with E-state index in [0.29, 0.717) is 18.7 Å². The third kappa shape index (κ3) is 2.91. The van der Waals surface area contributed by atoms with Crippen molar-refractivity contribution in [3.05, 3.63) is 17.9 Å². The molecule has 3 nitrogen and oxygen atoms in total. The SMILES string of the molecule is COc1cc(N2CCCC(C(F)(F)F)C2)c(N)cc1F. The van der Waals surface area contributed by atoms with Crippen molar-refractivity contribution in [2.75, 3.05) is 30.8 Å². The summed E-state index contributed by atoms with van der Waals surface area (Å²) in [6, 6.07) is 2.43. The molecular weight excluding hydrogens is 276 g/mol. The van der Waals surface area contributed by atoms with E-state index in [4.69, 9.17) is 10.5 Å². The molecule has 0 bridgehead atoms. The zero-order chi connectivity index (χ0) is 14.9. The van der Waals surface area contributed by atoms with Gasteiger partial charge in [0.15, 0.2) is 11.6 Å². The first-order valence-electron chi connectivity index (χ1n) is 6.27. The van der Waals surface area contributed by atoms with Crippen molar-refractivity contribution in [2.24, 2.45) is 5.92 Å². The van der Waals surface area contributed by atoms with Gasteiger partial charge in [-0.05, 0) is 12.8 Å². The Bertz CT molecular complexity index is 490. The Kier molecular flexibility index (Phi) is 3.96. The van der Waals surface area contributed by atoms with E-state index in [1.165, 1.54) is 13.2 Å². The van der Waals surface area contributed by atoms with Crippen molar-refractivity contribution in [1.82, 2.24) is 0 Å². The number of nitrogen functional groups attached to an aromatic ring is 1. The number of hydrogen-bond acceptors (Lipinski definition) is 3. The van der Waals surface area contributed by atoms with Crippen molar-refractivity contribution in [3.63, 3.8) is 0 Å². The van der Waals surface area contributed by atoms with Gasteiger partial charge in [0.25, 0.3) is 0 Å². The van der Waals surface area contributed by atoms with Crippen LogP contribution in [0, 0.1) is 11.7 Å². The molecule has 0 saturated carbocycles. The Morgan fingerprint density at radius 2 is 2.05 bits per heavy atom. The molecule has 1 fully saturated rings. The molecule has 1 aromatic carbocycles. The van der Waals surface area contributed by atoms with Crippen molar-refractivity contribution < 1.29 is 22.3 Å². The summed E-state index contributed by atoms with van der Waals surface area (Å²) in [5.41, 5.74) is 6.21. The summed E-state index contributed by atoms with van der Waals surface area (Å²) >= 11 is 0. The molecule has 1 aliphatic heterocycles. The van der Waals surface area contributed by atoms with Gasteiger partial charge in [-0.1, -0.05) is 0 Å². The van der Waals surface area contributed by atoms with E-state index in [9.17, 15) is 17.6 Å². The molecule has 1 aromatic rings. The van der Waals surface area contributed by atoms with Gasteiger partial charge in [-0.3, -0.25) is 0 Å². The lowest BCUT2D eigenvalue weighted by atomic mass is 9.97. The molecule has 0 radical (unpaired) electrons. The molecule has 1 aliphatic rings. The standard InChI is InChI=1S/C13H16F4N2O/c1-20-12-6-11(10(18)5-9(12)14)19-4-2-3-8(7-19)13(15,16)17/h5-6,8H,2-4,7,18H2,1H3. The second-order valence-electron chi connectivity index (χ2n) is 4.87. The van der Waals surface area contributed by atoms with E-state index in [-0.39, 0.29) is 24.4 Å². The lowest BCUT2D eigenvalue weighted by Crippen LogP contribution is -2.42. The minimum atomic E-state index is -4.22. The summed E-state index contributed by atoms with van der Waals surface area (Å²) < 4.78 is 56.7. The van der Waals surface area contributed by atoms with E-state index in [1.807, 2.05) is 0 Å². The first kappa shape index (κ1) is 14.7. The molecule has 7 heteroatoms. The van der Waals surface area contributed by atoms with Crippen LogP contribution in [0.15, 0.2) is 12.1 Å². The quantitative estimate of drug-likeness (QED) is 0.672. The number of piperidine rings is 1. The Morgan fingerprint density at radius 3 is 2.65 bits per heavy atom. The van der Waals surface area contributed by atoms with Crippen LogP contribution in [0.3, 0.4) is 0 Å². The molecule has 112 valence electrons. The number of hydrogen-bond donors (Lipinski definition) is 1. The molecule has 1 saturated heterocycles. The van der Waals surface area contributed by atoms with Crippen molar-refractivity contribution in [1.29, 1.82) is 0 Å². The molecule has 1 unspecified atom stereocenters. The first-order valence-corrected chi connectivity index (χ1v) is 6.27. The van der Waals surface area contributed by atoms with Crippen LogP contribution in [0.1, 0.15) is 12.8 Å². The molecule has 0 amide bonds. The number of rotatable bonds is 2. The number of halogens is 4. The smallest absolute Gasteiger partial charge is 0.393 e. The lowest BCUT2D eigenvalue weighted by Gasteiger charge is -2.36. The summed E-state index contributed by atoms with van der Waals surface area (Å²) in [5, 5.41) is 0. The maximum atomic E-state index is 13.5. The van der Waals surface area contributed by atoms with Gasteiger partial charge < -0.3 is 15.4 Å². The second-order valence-corrected chi connectivity index (χ2v) is 4.87. The molecule has 0 aliphatic carbocycles. The highest BCUT2D eigenvalue weighted by Gasteiger charge is 2.42. The number of ether oxygens (including phenoxy) is 1. The monoisotopic (exact) mass is 292 g/mol. The van der Waals surface area contributed by atoms with Crippen molar-refractivity contribution in [2.45, 2.75) is 19.0 Å². The highest BCUT2D eigenvalue weighted by molar-refractivity contribution is 5.70. The van der Waals surface area contributed by atoms with Crippen LogP contribution in [0.25, 0.3) is 0 Å². The number of anilines is 2. The third-order valence-electron chi connectivity index (χ3n) is 3.53. The molecule has 1 heterocycles. The largest absolute Gasteiger partial charge is 0.494 e. The number of alkyl halides is 3. The Balaban J connectivity index is 2.27. The fraction of sp³-hybridized carbons (Fsp3) is 0.538. The average molecular weight is 292 g/mol. The van der Waals surface area contributed by atoms with Crippen LogP contribution >= 0.6 is 0 Å². The zero-order valence-electron chi connectivity index (χ0n) is 11.0. The molecule has 0 aromatic heterocycles. The van der Waals surface area contributed by atoms with Crippen LogP contribution in [-0.2, 0) is 0 Å². The van der Waals surface area contributed by atoms with Crippen LogP contribution in [-0.4, -0.2) is 26.4 Å². The topological polar surface area (TPSA) is 38.5 Å². The maximum absolute atomic E-state index is 13.5. The van der Waals surface area contributed by atoms with E-state index in [0.717, 1.165) is 6.07 Å². The molecule has 2 N–H and O–H groups in total. The molecule has 2 rings (SSSR count). The normalized spacial score (nSPS) is 20.1. The van der Waals surface area contributed by atoms with Crippen LogP contribution < -0.4 is 15.4 Å². The Morgan fingerprint density at radius 1 is 1.35 bits per heavy atom. The summed E-state index contributed by atoms with van der Waals surface area (Å²) in [6.07, 6.45) is -3.70. The van der Waals surface area contributed by atoms with Crippen molar-refractivity contribution in [3.8, 4) is 5.75 Å². The van der Waals surface area contributed by atoms with E-state index >= 15 is 0 Å². The van der Waals surface area contributed by atoms with E-state index in [2.05, 4.69) is 0 Å². The van der Waals surface area contributed by atoms with E-state index < -0.39 is 17.9 Å². The summed E-state index contributed by atoms with van der Waals surface area (Å²) in [6.45, 7) is 0.300. The molecular formula is C13H16F4N2O. The predicted molar refractivity (Wildman–Crippen MR) is 68.4 cm³/mol. The maximum Gasteiger partial charge on any atom is 0.393 e. The van der Waals surface area contributed by atoms with Crippen LogP contribution in [0.2, 0.25) is 0 Å². The lowest BCUT2D eigenvalue weighted by molar-refractivity contribution is -0.175. The van der Waals surface area contributed by atoms with Gasteiger partial charge >= 0.3 is 6.18 Å². The van der Waals surface area contributed by atoms with Crippen LogP contribution in [0.5, 0.6) is 5.75 Å². The Labute approximate surface area is 114 Å². The zero-order valence-corrected chi connectivity index (χ0v) is 11.0. The van der Waals surface area contributed by atoms with Gasteiger partial charge in [0.1, 0.15) is 0 Å². The fourth-order valence-electron chi connectivity index (χ4n) is 2.45. The summed E-state index contributed by atoms with van der Waals surface area (Å²) in [4.78, 5) is 1.54. The molecule has 20 heavy (non-hydrogen) atoms. The van der Waals surface area contributed by atoms with Gasteiger partial charge in [-0.2, -0.15) is 13.2 Å². The predicted octanol–water partition coefficient (Wildman–Crippen LogP) is 3.20. The average Bonchev–Trinajstić information content (AvgIpc) is 2.38. The molecule has 0 spiro atoms. The van der Waals surface area contributed by atoms with Crippen molar-refractivity contribution >= 4 is 11.4 Å². The summed E-state index contributed by atoms with van der Waals surface area (Å²) in [7, 11) is 1.30. The van der Waals surface area contributed by atoms with Gasteiger partial charge in [0.05, 0.1) is 24.4 Å². The van der Waals surface area contributed by atoms with Crippen LogP contribution in [0.4, 0.5) is 28.9 Å². The number of nitrogens with zero attached hydrogens (tertiary/aromatic N) is 1.